The Morgan fingerprint density at radius 1 is 1.25 bits per heavy atom. The largest absolute Gasteiger partial charge is 0.480 e. The highest BCUT2D eigenvalue weighted by Crippen LogP contribution is 2.34. The first kappa shape index (κ1) is 17.0. The minimum Gasteiger partial charge on any atom is -0.480 e. The highest BCUT2D eigenvalue weighted by Gasteiger charge is 2.38. The minimum absolute atomic E-state index is 0.0524. The van der Waals surface area contributed by atoms with Crippen molar-refractivity contribution in [1.29, 1.82) is 0 Å². The van der Waals surface area contributed by atoms with Crippen molar-refractivity contribution in [2.45, 2.75) is 50.6 Å². The number of hydrogen-bond donors (Lipinski definition) is 2. The average molecular weight is 330 g/mol. The van der Waals surface area contributed by atoms with Crippen LogP contribution in [0.4, 0.5) is 0 Å². The number of amides is 1. The van der Waals surface area contributed by atoms with E-state index in [-0.39, 0.29) is 24.4 Å². The summed E-state index contributed by atoms with van der Waals surface area (Å²) in [5.74, 6) is -0.194. The Hall–Kier alpha value is -1.88. The van der Waals surface area contributed by atoms with Crippen LogP contribution in [0.25, 0.3) is 0 Å². The molecule has 0 radical (unpaired) electrons. The molecule has 2 aliphatic carbocycles. The SMILES string of the molecule is CC(C(=O)NC1CC(N(CC(=O)O)CC2CC2)C1)c1ccccc1. The van der Waals surface area contributed by atoms with Crippen molar-refractivity contribution in [3.8, 4) is 0 Å². The Morgan fingerprint density at radius 3 is 2.50 bits per heavy atom. The van der Waals surface area contributed by atoms with Gasteiger partial charge in [0.25, 0.3) is 0 Å². The summed E-state index contributed by atoms with van der Waals surface area (Å²) in [6.07, 6.45) is 4.15. The van der Waals surface area contributed by atoms with E-state index < -0.39 is 5.97 Å². The fourth-order valence-corrected chi connectivity index (χ4v) is 3.37. The smallest absolute Gasteiger partial charge is 0.317 e. The molecule has 0 saturated heterocycles. The first-order valence-electron chi connectivity index (χ1n) is 8.84. The lowest BCUT2D eigenvalue weighted by Crippen LogP contribution is -2.55. The molecule has 5 heteroatoms. The van der Waals surface area contributed by atoms with Crippen molar-refractivity contribution in [3.63, 3.8) is 0 Å². The molecule has 1 amide bonds. The second-order valence-corrected chi connectivity index (χ2v) is 7.23. The third-order valence-corrected chi connectivity index (χ3v) is 5.20. The van der Waals surface area contributed by atoms with Crippen LogP contribution in [0.15, 0.2) is 30.3 Å². The van der Waals surface area contributed by atoms with Gasteiger partial charge in [-0.2, -0.15) is 0 Å². The van der Waals surface area contributed by atoms with Gasteiger partial charge in [0.05, 0.1) is 12.5 Å². The number of nitrogens with one attached hydrogen (secondary N) is 1. The maximum absolute atomic E-state index is 12.4. The Labute approximate surface area is 143 Å². The molecule has 1 unspecified atom stereocenters. The zero-order valence-electron chi connectivity index (χ0n) is 14.1. The molecule has 0 bridgehead atoms. The van der Waals surface area contributed by atoms with Crippen molar-refractivity contribution < 1.29 is 14.7 Å². The van der Waals surface area contributed by atoms with E-state index in [1.807, 2.05) is 37.3 Å². The van der Waals surface area contributed by atoms with Crippen LogP contribution in [0.1, 0.15) is 44.1 Å². The number of hydrogen-bond acceptors (Lipinski definition) is 3. The van der Waals surface area contributed by atoms with E-state index in [0.29, 0.717) is 12.0 Å². The Morgan fingerprint density at radius 2 is 1.92 bits per heavy atom. The van der Waals surface area contributed by atoms with Gasteiger partial charge in [0.15, 0.2) is 0 Å². The van der Waals surface area contributed by atoms with E-state index in [2.05, 4.69) is 10.2 Å². The fourth-order valence-electron chi connectivity index (χ4n) is 3.37. The summed E-state index contributed by atoms with van der Waals surface area (Å²) in [6, 6.07) is 10.2. The van der Waals surface area contributed by atoms with E-state index >= 15 is 0 Å². The molecule has 3 rings (SSSR count). The zero-order valence-corrected chi connectivity index (χ0v) is 14.1. The van der Waals surface area contributed by atoms with Crippen LogP contribution in [0.5, 0.6) is 0 Å². The van der Waals surface area contributed by atoms with Crippen LogP contribution in [0, 0.1) is 5.92 Å². The molecular weight excluding hydrogens is 304 g/mol. The van der Waals surface area contributed by atoms with Gasteiger partial charge in [-0.1, -0.05) is 30.3 Å². The normalized spacial score (nSPS) is 24.2. The number of carboxylic acid groups (broad SMARTS) is 1. The predicted octanol–water partition coefficient (Wildman–Crippen LogP) is 2.23. The molecule has 0 spiro atoms. The van der Waals surface area contributed by atoms with Crippen LogP contribution in [-0.2, 0) is 9.59 Å². The number of nitrogens with zero attached hydrogens (tertiary/aromatic N) is 1. The van der Waals surface area contributed by atoms with Gasteiger partial charge < -0.3 is 10.4 Å². The van der Waals surface area contributed by atoms with Gasteiger partial charge >= 0.3 is 5.97 Å². The summed E-state index contributed by atoms with van der Waals surface area (Å²) in [5.41, 5.74) is 1.02. The molecule has 0 aromatic heterocycles. The number of aliphatic carboxylic acids is 1. The number of carboxylic acids is 1. The Bertz CT molecular complexity index is 580. The number of rotatable bonds is 8. The number of carbonyl (C=O) groups is 2. The van der Waals surface area contributed by atoms with Gasteiger partial charge in [-0.3, -0.25) is 14.5 Å². The molecule has 5 nitrogen and oxygen atoms in total. The molecule has 0 aliphatic heterocycles. The first-order valence-corrected chi connectivity index (χ1v) is 8.84. The van der Waals surface area contributed by atoms with Crippen molar-refractivity contribution >= 4 is 11.9 Å². The van der Waals surface area contributed by atoms with E-state index in [1.165, 1.54) is 12.8 Å². The summed E-state index contributed by atoms with van der Waals surface area (Å²) in [4.78, 5) is 25.5. The maximum atomic E-state index is 12.4. The first-order chi connectivity index (χ1) is 11.5. The monoisotopic (exact) mass is 330 g/mol. The highest BCUT2D eigenvalue weighted by atomic mass is 16.4. The lowest BCUT2D eigenvalue weighted by molar-refractivity contribution is -0.140. The minimum atomic E-state index is -0.763. The van der Waals surface area contributed by atoms with E-state index in [4.69, 9.17) is 5.11 Å². The molecule has 2 saturated carbocycles. The molecule has 24 heavy (non-hydrogen) atoms. The van der Waals surface area contributed by atoms with Gasteiger partial charge in [0, 0.05) is 18.6 Å². The van der Waals surface area contributed by atoms with Gasteiger partial charge in [-0.25, -0.2) is 0 Å². The topological polar surface area (TPSA) is 69.6 Å². The second-order valence-electron chi connectivity index (χ2n) is 7.23. The summed E-state index contributed by atoms with van der Waals surface area (Å²) >= 11 is 0. The Kier molecular flexibility index (Phi) is 5.19. The lowest BCUT2D eigenvalue weighted by Gasteiger charge is -2.43. The van der Waals surface area contributed by atoms with Crippen molar-refractivity contribution in [2.75, 3.05) is 13.1 Å². The van der Waals surface area contributed by atoms with E-state index in [9.17, 15) is 9.59 Å². The van der Waals surface area contributed by atoms with E-state index in [1.54, 1.807) is 0 Å². The van der Waals surface area contributed by atoms with Crippen molar-refractivity contribution in [2.24, 2.45) is 5.92 Å². The van der Waals surface area contributed by atoms with E-state index in [0.717, 1.165) is 24.9 Å². The molecular formula is C19H26N2O3. The molecule has 1 aromatic carbocycles. The van der Waals surface area contributed by atoms with Gasteiger partial charge in [-0.05, 0) is 44.1 Å². The summed E-state index contributed by atoms with van der Waals surface area (Å²) in [5, 5.41) is 12.2. The van der Waals surface area contributed by atoms with Crippen LogP contribution in [0.3, 0.4) is 0 Å². The van der Waals surface area contributed by atoms with Crippen LogP contribution < -0.4 is 5.32 Å². The van der Waals surface area contributed by atoms with Crippen molar-refractivity contribution in [3.05, 3.63) is 35.9 Å². The van der Waals surface area contributed by atoms with Crippen LogP contribution >= 0.6 is 0 Å². The van der Waals surface area contributed by atoms with Crippen molar-refractivity contribution in [1.82, 2.24) is 10.2 Å². The summed E-state index contributed by atoms with van der Waals surface area (Å²) in [7, 11) is 0. The third-order valence-electron chi connectivity index (χ3n) is 5.20. The second kappa shape index (κ2) is 7.34. The van der Waals surface area contributed by atoms with Gasteiger partial charge in [-0.15, -0.1) is 0 Å². The summed E-state index contributed by atoms with van der Waals surface area (Å²) in [6.45, 7) is 2.92. The molecule has 1 aromatic rings. The standard InChI is InChI=1S/C19H26N2O3/c1-13(15-5-3-2-4-6-15)19(24)20-16-9-17(10-16)21(12-18(22)23)11-14-7-8-14/h2-6,13-14,16-17H,7-12H2,1H3,(H,20,24)(H,22,23). The molecule has 2 aliphatic rings. The molecule has 2 fully saturated rings. The average Bonchev–Trinajstić information content (AvgIpc) is 3.33. The lowest BCUT2D eigenvalue weighted by atomic mass is 9.84. The molecule has 130 valence electrons. The van der Waals surface area contributed by atoms with Gasteiger partial charge in [0.2, 0.25) is 5.91 Å². The Balaban J connectivity index is 1.46. The highest BCUT2D eigenvalue weighted by molar-refractivity contribution is 5.83. The molecule has 2 N–H and O–H groups in total. The van der Waals surface area contributed by atoms with Gasteiger partial charge in [0.1, 0.15) is 0 Å². The number of carbonyl (C=O) groups excluding carboxylic acids is 1. The van der Waals surface area contributed by atoms with Crippen LogP contribution in [-0.4, -0.2) is 47.1 Å². The van der Waals surface area contributed by atoms with Crippen LogP contribution in [0.2, 0.25) is 0 Å². The maximum Gasteiger partial charge on any atom is 0.317 e. The molecule has 1 atom stereocenters. The third kappa shape index (κ3) is 4.35. The number of benzene rings is 1. The quantitative estimate of drug-likeness (QED) is 0.767. The molecule has 0 heterocycles. The summed E-state index contributed by atoms with van der Waals surface area (Å²) < 4.78 is 0. The predicted molar refractivity (Wildman–Crippen MR) is 91.7 cm³/mol. The zero-order chi connectivity index (χ0) is 17.1. The fraction of sp³-hybridized carbons (Fsp3) is 0.579.